The normalized spacial score (nSPS) is 14.9. The van der Waals surface area contributed by atoms with Crippen LogP contribution in [-0.4, -0.2) is 53.7 Å². The van der Waals surface area contributed by atoms with Crippen LogP contribution in [0.25, 0.3) is 10.9 Å². The first kappa shape index (κ1) is 19.0. The van der Waals surface area contributed by atoms with Gasteiger partial charge < -0.3 is 24.8 Å². The number of hydrogen-bond acceptors (Lipinski definition) is 6. The fourth-order valence-corrected chi connectivity index (χ4v) is 3.70. The number of aromatic nitrogens is 3. The molecule has 1 fully saturated rings. The molecule has 2 aromatic heterocycles. The van der Waals surface area contributed by atoms with Gasteiger partial charge in [0.15, 0.2) is 0 Å². The zero-order valence-corrected chi connectivity index (χ0v) is 16.8. The molecule has 3 heterocycles. The molecular weight excluding hydrogens is 368 g/mol. The van der Waals surface area contributed by atoms with Gasteiger partial charge in [0.1, 0.15) is 24.2 Å². The second-order valence-electron chi connectivity index (χ2n) is 7.51. The van der Waals surface area contributed by atoms with Gasteiger partial charge in [0, 0.05) is 57.8 Å². The molecule has 4 rings (SSSR count). The van der Waals surface area contributed by atoms with E-state index in [0.29, 0.717) is 0 Å². The molecular formula is C21H26N6O2. The Hall–Kier alpha value is -3.29. The number of ether oxygens (including phenoxy) is 1. The summed E-state index contributed by atoms with van der Waals surface area (Å²) in [5.74, 6) is 2.15. The lowest BCUT2D eigenvalue weighted by Crippen LogP contribution is -2.39. The maximum atomic E-state index is 11.3. The minimum atomic E-state index is -0.359. The Bertz CT molecular complexity index is 1010. The SMILES string of the molecule is CN(C)c1ccnc(N2CCC(Oc3cccc4c3ccn4CC(N)=O)CC2)n1. The first-order valence-electron chi connectivity index (χ1n) is 9.79. The van der Waals surface area contributed by atoms with Crippen LogP contribution in [0.2, 0.25) is 0 Å². The highest BCUT2D eigenvalue weighted by Crippen LogP contribution is 2.29. The molecule has 0 atom stereocenters. The summed E-state index contributed by atoms with van der Waals surface area (Å²) in [5.41, 5.74) is 6.29. The van der Waals surface area contributed by atoms with Crippen LogP contribution in [-0.2, 0) is 11.3 Å². The third-order valence-electron chi connectivity index (χ3n) is 5.20. The van der Waals surface area contributed by atoms with Crippen LogP contribution in [0.1, 0.15) is 12.8 Å². The van der Waals surface area contributed by atoms with Gasteiger partial charge in [0.2, 0.25) is 11.9 Å². The topological polar surface area (TPSA) is 89.5 Å². The van der Waals surface area contributed by atoms with Gasteiger partial charge in [-0.2, -0.15) is 4.98 Å². The Morgan fingerprint density at radius 1 is 1.24 bits per heavy atom. The molecule has 1 aliphatic heterocycles. The van der Waals surface area contributed by atoms with E-state index in [0.717, 1.165) is 54.3 Å². The van der Waals surface area contributed by atoms with E-state index in [1.807, 2.05) is 60.1 Å². The molecule has 0 saturated carbocycles. The average Bonchev–Trinajstić information content (AvgIpc) is 3.12. The molecule has 8 nitrogen and oxygen atoms in total. The number of amides is 1. The van der Waals surface area contributed by atoms with E-state index in [9.17, 15) is 4.79 Å². The molecule has 2 N–H and O–H groups in total. The summed E-state index contributed by atoms with van der Waals surface area (Å²) in [5, 5.41) is 0.998. The number of primary amides is 1. The van der Waals surface area contributed by atoms with Gasteiger partial charge >= 0.3 is 0 Å². The monoisotopic (exact) mass is 394 g/mol. The van der Waals surface area contributed by atoms with E-state index < -0.39 is 0 Å². The van der Waals surface area contributed by atoms with E-state index in [4.69, 9.17) is 10.5 Å². The summed E-state index contributed by atoms with van der Waals surface area (Å²) in [6.07, 6.45) is 5.60. The molecule has 0 radical (unpaired) electrons. The molecule has 0 unspecified atom stereocenters. The lowest BCUT2D eigenvalue weighted by molar-refractivity contribution is -0.118. The van der Waals surface area contributed by atoms with E-state index >= 15 is 0 Å². The number of nitrogens with two attached hydrogens (primary N) is 1. The quantitative estimate of drug-likeness (QED) is 0.688. The van der Waals surface area contributed by atoms with Gasteiger partial charge in [0.25, 0.3) is 0 Å². The van der Waals surface area contributed by atoms with Crippen molar-refractivity contribution < 1.29 is 9.53 Å². The highest BCUT2D eigenvalue weighted by Gasteiger charge is 2.23. The predicted octanol–water partition coefficient (Wildman–Crippen LogP) is 2.03. The number of rotatable bonds is 6. The summed E-state index contributed by atoms with van der Waals surface area (Å²) < 4.78 is 8.18. The highest BCUT2D eigenvalue weighted by molar-refractivity contribution is 5.87. The molecule has 1 amide bonds. The van der Waals surface area contributed by atoms with Crippen molar-refractivity contribution in [3.63, 3.8) is 0 Å². The number of carbonyl (C=O) groups is 1. The number of nitrogens with zero attached hydrogens (tertiary/aromatic N) is 5. The van der Waals surface area contributed by atoms with Crippen molar-refractivity contribution in [3.05, 3.63) is 42.7 Å². The Labute approximate surface area is 169 Å². The Kier molecular flexibility index (Phi) is 5.24. The maximum absolute atomic E-state index is 11.3. The zero-order chi connectivity index (χ0) is 20.4. The van der Waals surface area contributed by atoms with Crippen molar-refractivity contribution in [1.82, 2.24) is 14.5 Å². The summed E-state index contributed by atoms with van der Waals surface area (Å²) in [6, 6.07) is 9.79. The van der Waals surface area contributed by atoms with Crippen LogP contribution in [0.4, 0.5) is 11.8 Å². The molecule has 1 saturated heterocycles. The summed E-state index contributed by atoms with van der Waals surface area (Å²) >= 11 is 0. The first-order chi connectivity index (χ1) is 14.0. The smallest absolute Gasteiger partial charge is 0.237 e. The Morgan fingerprint density at radius 2 is 2.03 bits per heavy atom. The minimum absolute atomic E-state index is 0.133. The molecule has 1 aromatic carbocycles. The standard InChI is InChI=1S/C21H26N6O2/c1-25(2)20-6-10-23-21(24-20)26-11-7-15(8-12-26)29-18-5-3-4-17-16(18)9-13-27(17)14-19(22)28/h3-6,9-10,13,15H,7-8,11-12,14H2,1-2H3,(H2,22,28). The molecule has 0 bridgehead atoms. The van der Waals surface area contributed by atoms with Crippen molar-refractivity contribution in [1.29, 1.82) is 0 Å². The molecule has 8 heteroatoms. The van der Waals surface area contributed by atoms with E-state index in [1.54, 1.807) is 6.20 Å². The fourth-order valence-electron chi connectivity index (χ4n) is 3.70. The van der Waals surface area contributed by atoms with Crippen LogP contribution in [0, 0.1) is 0 Å². The second-order valence-corrected chi connectivity index (χ2v) is 7.51. The van der Waals surface area contributed by atoms with Crippen molar-refractivity contribution in [2.45, 2.75) is 25.5 Å². The minimum Gasteiger partial charge on any atom is -0.490 e. The number of piperidine rings is 1. The number of benzene rings is 1. The molecule has 3 aromatic rings. The van der Waals surface area contributed by atoms with Gasteiger partial charge in [-0.25, -0.2) is 4.98 Å². The van der Waals surface area contributed by atoms with E-state index in [-0.39, 0.29) is 18.6 Å². The van der Waals surface area contributed by atoms with E-state index in [2.05, 4.69) is 14.9 Å². The van der Waals surface area contributed by atoms with Gasteiger partial charge in [-0.15, -0.1) is 0 Å². The largest absolute Gasteiger partial charge is 0.490 e. The molecule has 0 aliphatic carbocycles. The van der Waals surface area contributed by atoms with Gasteiger partial charge in [-0.1, -0.05) is 6.07 Å². The Morgan fingerprint density at radius 3 is 2.76 bits per heavy atom. The first-order valence-corrected chi connectivity index (χ1v) is 9.79. The molecule has 0 spiro atoms. The second kappa shape index (κ2) is 7.98. The Balaban J connectivity index is 1.43. The molecule has 152 valence electrons. The van der Waals surface area contributed by atoms with Crippen molar-refractivity contribution in [3.8, 4) is 5.75 Å². The summed E-state index contributed by atoms with van der Waals surface area (Å²) in [6.45, 7) is 1.86. The highest BCUT2D eigenvalue weighted by atomic mass is 16.5. The number of fused-ring (bicyclic) bond motifs is 1. The number of hydrogen-bond donors (Lipinski definition) is 1. The molecule has 1 aliphatic rings. The van der Waals surface area contributed by atoms with Gasteiger partial charge in [-0.3, -0.25) is 4.79 Å². The van der Waals surface area contributed by atoms with Crippen molar-refractivity contribution >= 4 is 28.6 Å². The summed E-state index contributed by atoms with van der Waals surface area (Å²) in [7, 11) is 3.95. The third-order valence-corrected chi connectivity index (χ3v) is 5.20. The van der Waals surface area contributed by atoms with Crippen LogP contribution in [0.15, 0.2) is 42.7 Å². The lowest BCUT2D eigenvalue weighted by Gasteiger charge is -2.32. The van der Waals surface area contributed by atoms with Crippen LogP contribution >= 0.6 is 0 Å². The predicted molar refractivity (Wildman–Crippen MR) is 113 cm³/mol. The maximum Gasteiger partial charge on any atom is 0.237 e. The average molecular weight is 394 g/mol. The van der Waals surface area contributed by atoms with Gasteiger partial charge in [0.05, 0.1) is 5.52 Å². The van der Waals surface area contributed by atoms with Crippen LogP contribution < -0.4 is 20.3 Å². The lowest BCUT2D eigenvalue weighted by atomic mass is 10.1. The number of carbonyl (C=O) groups excluding carboxylic acids is 1. The van der Waals surface area contributed by atoms with Crippen molar-refractivity contribution in [2.24, 2.45) is 5.73 Å². The molecule has 29 heavy (non-hydrogen) atoms. The van der Waals surface area contributed by atoms with Crippen LogP contribution in [0.5, 0.6) is 5.75 Å². The zero-order valence-electron chi connectivity index (χ0n) is 16.8. The van der Waals surface area contributed by atoms with Crippen molar-refractivity contribution in [2.75, 3.05) is 37.0 Å². The van der Waals surface area contributed by atoms with E-state index in [1.165, 1.54) is 0 Å². The fraction of sp³-hybridized carbons (Fsp3) is 0.381. The third kappa shape index (κ3) is 4.11. The van der Waals surface area contributed by atoms with Gasteiger partial charge in [-0.05, 0) is 24.3 Å². The summed E-state index contributed by atoms with van der Waals surface area (Å²) in [4.78, 5) is 24.5. The van der Waals surface area contributed by atoms with Crippen LogP contribution in [0.3, 0.4) is 0 Å². The number of anilines is 2.